The molecule has 0 N–H and O–H groups in total. The molecule has 84 valence electrons. The van der Waals surface area contributed by atoms with Crippen LogP contribution in [0.1, 0.15) is 40.5 Å². The Kier molecular flexibility index (Phi) is 3.90. The Bertz CT molecular complexity index is 284. The third kappa shape index (κ3) is 2.80. The first-order chi connectivity index (χ1) is 6.99. The highest BCUT2D eigenvalue weighted by atomic mass is 16.1. The highest BCUT2D eigenvalue weighted by Gasteiger charge is 2.38. The maximum atomic E-state index is 12.1. The lowest BCUT2D eigenvalue weighted by atomic mass is 9.65. The topological polar surface area (TPSA) is 17.1 Å². The van der Waals surface area contributed by atoms with E-state index < -0.39 is 0 Å². The second kappa shape index (κ2) is 4.78. The number of Topliss-reactive ketones (excluding diaryl/α,β-unsaturated/α-hetero) is 1. The van der Waals surface area contributed by atoms with Gasteiger partial charge in [-0.1, -0.05) is 45.1 Å². The molecule has 1 rings (SSSR count). The SMILES string of the molecule is C/C=C\CC(=O)[C@@H]1[C@@H](C)C=CCC1(C)C. The number of carbonyl (C=O) groups excluding carboxylic acids is 1. The zero-order chi connectivity index (χ0) is 11.5. The lowest BCUT2D eigenvalue weighted by Crippen LogP contribution is -2.37. The van der Waals surface area contributed by atoms with Crippen molar-refractivity contribution in [3.8, 4) is 0 Å². The molecule has 0 radical (unpaired) electrons. The lowest BCUT2D eigenvalue weighted by molar-refractivity contribution is -0.127. The summed E-state index contributed by atoms with van der Waals surface area (Å²) in [5.74, 6) is 0.945. The third-order valence-corrected chi connectivity index (χ3v) is 3.35. The smallest absolute Gasteiger partial charge is 0.140 e. The first-order valence-corrected chi connectivity index (χ1v) is 5.79. The van der Waals surface area contributed by atoms with E-state index in [9.17, 15) is 4.79 Å². The van der Waals surface area contributed by atoms with E-state index in [4.69, 9.17) is 0 Å². The lowest BCUT2D eigenvalue weighted by Gasteiger charge is -2.38. The normalized spacial score (nSPS) is 29.6. The van der Waals surface area contributed by atoms with Crippen LogP contribution in [0.5, 0.6) is 0 Å². The molecule has 0 amide bonds. The number of rotatable bonds is 3. The Balaban J connectivity index is 2.81. The molecule has 0 aliphatic heterocycles. The molecule has 1 aliphatic carbocycles. The molecular formula is C14H22O. The average Bonchev–Trinajstić information content (AvgIpc) is 2.13. The van der Waals surface area contributed by atoms with Gasteiger partial charge in [-0.05, 0) is 24.7 Å². The van der Waals surface area contributed by atoms with Crippen LogP contribution in [-0.4, -0.2) is 5.78 Å². The van der Waals surface area contributed by atoms with Crippen molar-refractivity contribution in [2.75, 3.05) is 0 Å². The van der Waals surface area contributed by atoms with Gasteiger partial charge in [0.1, 0.15) is 5.78 Å². The molecular weight excluding hydrogens is 184 g/mol. The van der Waals surface area contributed by atoms with Gasteiger partial charge in [0, 0.05) is 12.3 Å². The fourth-order valence-electron chi connectivity index (χ4n) is 2.63. The van der Waals surface area contributed by atoms with Crippen molar-refractivity contribution in [1.82, 2.24) is 0 Å². The van der Waals surface area contributed by atoms with Gasteiger partial charge < -0.3 is 0 Å². The van der Waals surface area contributed by atoms with Crippen LogP contribution in [0.15, 0.2) is 24.3 Å². The summed E-state index contributed by atoms with van der Waals surface area (Å²) < 4.78 is 0. The molecule has 0 unspecified atom stereocenters. The van der Waals surface area contributed by atoms with E-state index in [0.29, 0.717) is 18.1 Å². The first-order valence-electron chi connectivity index (χ1n) is 5.79. The monoisotopic (exact) mass is 206 g/mol. The number of ketones is 1. The summed E-state index contributed by atoms with van der Waals surface area (Å²) in [6.45, 7) is 8.51. The summed E-state index contributed by atoms with van der Waals surface area (Å²) in [7, 11) is 0. The fourth-order valence-corrected chi connectivity index (χ4v) is 2.63. The maximum Gasteiger partial charge on any atom is 0.140 e. The minimum Gasteiger partial charge on any atom is -0.299 e. The zero-order valence-electron chi connectivity index (χ0n) is 10.3. The van der Waals surface area contributed by atoms with E-state index in [2.05, 4.69) is 32.9 Å². The minimum absolute atomic E-state index is 0.118. The number of hydrogen-bond donors (Lipinski definition) is 0. The van der Waals surface area contributed by atoms with Crippen molar-refractivity contribution >= 4 is 5.78 Å². The molecule has 0 saturated heterocycles. The van der Waals surface area contributed by atoms with Gasteiger partial charge in [-0.25, -0.2) is 0 Å². The number of carbonyl (C=O) groups is 1. The van der Waals surface area contributed by atoms with E-state index in [0.717, 1.165) is 6.42 Å². The highest BCUT2D eigenvalue weighted by molar-refractivity contribution is 5.83. The molecule has 0 saturated carbocycles. The predicted octanol–water partition coefficient (Wildman–Crippen LogP) is 3.76. The Labute approximate surface area is 93.3 Å². The van der Waals surface area contributed by atoms with Crippen LogP contribution in [0.4, 0.5) is 0 Å². The number of allylic oxidation sites excluding steroid dienone is 4. The second-order valence-electron chi connectivity index (χ2n) is 5.20. The van der Waals surface area contributed by atoms with Gasteiger partial charge >= 0.3 is 0 Å². The summed E-state index contributed by atoms with van der Waals surface area (Å²) in [5, 5.41) is 0. The van der Waals surface area contributed by atoms with Crippen molar-refractivity contribution in [1.29, 1.82) is 0 Å². The van der Waals surface area contributed by atoms with Gasteiger partial charge in [-0.15, -0.1) is 0 Å². The molecule has 1 aliphatic rings. The van der Waals surface area contributed by atoms with Gasteiger partial charge in [0.05, 0.1) is 0 Å². The minimum atomic E-state index is 0.118. The summed E-state index contributed by atoms with van der Waals surface area (Å²) in [4.78, 5) is 12.1. The highest BCUT2D eigenvalue weighted by Crippen LogP contribution is 2.41. The molecule has 1 nitrogen and oxygen atoms in total. The molecule has 1 heteroatoms. The second-order valence-corrected chi connectivity index (χ2v) is 5.20. The first kappa shape index (κ1) is 12.2. The van der Waals surface area contributed by atoms with Crippen molar-refractivity contribution in [2.45, 2.75) is 40.5 Å². The Morgan fingerprint density at radius 1 is 1.53 bits per heavy atom. The average molecular weight is 206 g/mol. The Hall–Kier alpha value is -0.850. The summed E-state index contributed by atoms with van der Waals surface area (Å²) in [6.07, 6.45) is 9.91. The van der Waals surface area contributed by atoms with Gasteiger partial charge in [-0.2, -0.15) is 0 Å². The van der Waals surface area contributed by atoms with E-state index in [-0.39, 0.29) is 11.3 Å². The van der Waals surface area contributed by atoms with Crippen LogP contribution in [0, 0.1) is 17.3 Å². The van der Waals surface area contributed by atoms with Crippen LogP contribution >= 0.6 is 0 Å². The summed E-state index contributed by atoms with van der Waals surface area (Å²) in [5.41, 5.74) is 0.118. The van der Waals surface area contributed by atoms with Crippen LogP contribution in [0.25, 0.3) is 0 Å². The van der Waals surface area contributed by atoms with Crippen molar-refractivity contribution in [2.24, 2.45) is 17.3 Å². The molecule has 0 fully saturated rings. The number of hydrogen-bond acceptors (Lipinski definition) is 1. The largest absolute Gasteiger partial charge is 0.299 e. The van der Waals surface area contributed by atoms with Crippen molar-refractivity contribution < 1.29 is 4.79 Å². The van der Waals surface area contributed by atoms with E-state index in [1.807, 2.05) is 19.1 Å². The molecule has 0 heterocycles. The standard InChI is InChI=1S/C14H22O/c1-5-6-9-12(15)13-11(2)8-7-10-14(13,3)4/h5-8,11,13H,9-10H2,1-4H3/b6-5-/t11-,13-/m0/s1. The van der Waals surface area contributed by atoms with Crippen LogP contribution in [0.3, 0.4) is 0 Å². The van der Waals surface area contributed by atoms with Gasteiger partial charge in [0.15, 0.2) is 0 Å². The molecule has 15 heavy (non-hydrogen) atoms. The van der Waals surface area contributed by atoms with Gasteiger partial charge in [-0.3, -0.25) is 4.79 Å². The summed E-state index contributed by atoms with van der Waals surface area (Å²) >= 11 is 0. The zero-order valence-corrected chi connectivity index (χ0v) is 10.3. The van der Waals surface area contributed by atoms with E-state index in [1.165, 1.54) is 0 Å². The maximum absolute atomic E-state index is 12.1. The van der Waals surface area contributed by atoms with E-state index in [1.54, 1.807) is 0 Å². The van der Waals surface area contributed by atoms with Gasteiger partial charge in [0.2, 0.25) is 0 Å². The molecule has 0 bridgehead atoms. The van der Waals surface area contributed by atoms with Crippen LogP contribution < -0.4 is 0 Å². The van der Waals surface area contributed by atoms with Gasteiger partial charge in [0.25, 0.3) is 0 Å². The van der Waals surface area contributed by atoms with Crippen LogP contribution in [-0.2, 0) is 4.79 Å². The van der Waals surface area contributed by atoms with Crippen LogP contribution in [0.2, 0.25) is 0 Å². The third-order valence-electron chi connectivity index (χ3n) is 3.35. The Morgan fingerprint density at radius 2 is 2.20 bits per heavy atom. The fraction of sp³-hybridized carbons (Fsp3) is 0.643. The summed E-state index contributed by atoms with van der Waals surface area (Å²) in [6, 6.07) is 0. The predicted molar refractivity (Wildman–Crippen MR) is 64.6 cm³/mol. The molecule has 0 aromatic rings. The molecule has 2 atom stereocenters. The molecule has 0 aromatic carbocycles. The Morgan fingerprint density at radius 3 is 2.73 bits per heavy atom. The van der Waals surface area contributed by atoms with Crippen molar-refractivity contribution in [3.05, 3.63) is 24.3 Å². The van der Waals surface area contributed by atoms with E-state index >= 15 is 0 Å². The molecule has 0 spiro atoms. The quantitative estimate of drug-likeness (QED) is 0.643. The molecule has 0 aromatic heterocycles. The van der Waals surface area contributed by atoms with Crippen molar-refractivity contribution in [3.63, 3.8) is 0 Å².